The lowest BCUT2D eigenvalue weighted by Gasteiger charge is -2.30. The number of carbonyl (C=O) groups excluding carboxylic acids is 2. The van der Waals surface area contributed by atoms with Crippen LogP contribution in [0.3, 0.4) is 0 Å². The zero-order chi connectivity index (χ0) is 25.1. The molecule has 0 aliphatic carbocycles. The summed E-state index contributed by atoms with van der Waals surface area (Å²) in [7, 11) is 2.95. The van der Waals surface area contributed by atoms with Crippen LogP contribution in [0.15, 0.2) is 42.0 Å². The third-order valence-electron chi connectivity index (χ3n) is 6.63. The minimum atomic E-state index is -0.890. The number of nitrogens with zero attached hydrogens (tertiary/aromatic N) is 1. The molecule has 0 saturated carbocycles. The molecule has 2 aliphatic rings. The largest absolute Gasteiger partial charge is 0.872 e. The Bertz CT molecular complexity index is 1150. The highest BCUT2D eigenvalue weighted by Crippen LogP contribution is 2.41. The van der Waals surface area contributed by atoms with Crippen LogP contribution < -0.4 is 19.5 Å². The number of phenolic OH excluding ortho intramolecular Hbond substituents is 1. The number of likely N-dealkylation sites (tertiary alicyclic amines) is 1. The Balaban J connectivity index is 1.79. The maximum atomic E-state index is 13.7. The summed E-state index contributed by atoms with van der Waals surface area (Å²) in [5.74, 6) is -1.30. The number of hydrogen-bond donors (Lipinski definition) is 2. The second kappa shape index (κ2) is 10.4. The number of quaternary nitrogens is 1. The van der Waals surface area contributed by atoms with Crippen LogP contribution in [0.1, 0.15) is 22.7 Å². The average Bonchev–Trinajstić information content (AvgIpc) is 3.12. The molecule has 0 radical (unpaired) electrons. The summed E-state index contributed by atoms with van der Waals surface area (Å²) in [6.45, 7) is 5.60. The number of nitrogens with one attached hydrogen (secondary N) is 1. The summed E-state index contributed by atoms with van der Waals surface area (Å²) >= 11 is 0. The first-order valence-corrected chi connectivity index (χ1v) is 11.6. The fourth-order valence-electron chi connectivity index (χ4n) is 4.66. The lowest BCUT2D eigenvalue weighted by atomic mass is 9.93. The lowest BCUT2D eigenvalue weighted by Crippen LogP contribution is -3.14. The quantitative estimate of drug-likeness (QED) is 0.321. The molecule has 2 heterocycles. The number of amides is 1. The highest BCUT2D eigenvalue weighted by Gasteiger charge is 2.44. The molecule has 35 heavy (non-hydrogen) atoms. The fourth-order valence-corrected chi connectivity index (χ4v) is 4.66. The Morgan fingerprint density at radius 1 is 1.14 bits per heavy atom. The van der Waals surface area contributed by atoms with Crippen molar-refractivity contribution in [1.29, 1.82) is 0 Å². The van der Waals surface area contributed by atoms with Gasteiger partial charge in [-0.3, -0.25) is 9.59 Å². The van der Waals surface area contributed by atoms with Crippen molar-refractivity contribution in [3.8, 4) is 17.2 Å². The molecule has 1 unspecified atom stereocenters. The van der Waals surface area contributed by atoms with Crippen molar-refractivity contribution in [3.05, 3.63) is 58.7 Å². The summed E-state index contributed by atoms with van der Waals surface area (Å²) in [5, 5.41) is 23.8. The van der Waals surface area contributed by atoms with Gasteiger partial charge in [0.25, 0.3) is 5.91 Å². The number of ether oxygens (including phenoxy) is 3. The zero-order valence-corrected chi connectivity index (χ0v) is 20.1. The maximum Gasteiger partial charge on any atom is 0.295 e. The van der Waals surface area contributed by atoms with Crippen LogP contribution in [0, 0.1) is 6.92 Å². The maximum absolute atomic E-state index is 13.7. The van der Waals surface area contributed by atoms with Crippen LogP contribution >= 0.6 is 0 Å². The van der Waals surface area contributed by atoms with Gasteiger partial charge >= 0.3 is 0 Å². The van der Waals surface area contributed by atoms with E-state index in [-0.39, 0.29) is 17.1 Å². The van der Waals surface area contributed by atoms with E-state index in [9.17, 15) is 19.8 Å². The molecule has 9 nitrogen and oxygen atoms in total. The second-order valence-electron chi connectivity index (χ2n) is 8.70. The fraction of sp³-hybridized carbons (Fsp3) is 0.385. The summed E-state index contributed by atoms with van der Waals surface area (Å²) in [4.78, 5) is 29.2. The first kappa shape index (κ1) is 24.6. The van der Waals surface area contributed by atoms with E-state index in [1.807, 2.05) is 0 Å². The Hall–Kier alpha value is -3.56. The molecule has 9 heteroatoms. The van der Waals surface area contributed by atoms with Crippen LogP contribution in [-0.2, 0) is 14.3 Å². The Morgan fingerprint density at radius 2 is 1.89 bits per heavy atom. The molecule has 4 rings (SSSR count). The van der Waals surface area contributed by atoms with Gasteiger partial charge in [-0.2, -0.15) is 0 Å². The van der Waals surface area contributed by atoms with Crippen LogP contribution in [0.5, 0.6) is 17.2 Å². The van der Waals surface area contributed by atoms with Gasteiger partial charge in [-0.15, -0.1) is 0 Å². The highest BCUT2D eigenvalue weighted by molar-refractivity contribution is 6.46. The van der Waals surface area contributed by atoms with Crippen molar-refractivity contribution in [2.45, 2.75) is 13.0 Å². The van der Waals surface area contributed by atoms with Gasteiger partial charge in [0.05, 0.1) is 46.6 Å². The van der Waals surface area contributed by atoms with Crippen molar-refractivity contribution in [2.24, 2.45) is 0 Å². The Labute approximate surface area is 204 Å². The minimum Gasteiger partial charge on any atom is -0.872 e. The van der Waals surface area contributed by atoms with Gasteiger partial charge in [-0.25, -0.2) is 0 Å². The zero-order valence-electron chi connectivity index (χ0n) is 20.1. The Morgan fingerprint density at radius 3 is 2.54 bits per heavy atom. The summed E-state index contributed by atoms with van der Waals surface area (Å²) < 4.78 is 15.9. The predicted octanol–water partition coefficient (Wildman–Crippen LogP) is -0.143. The monoisotopic (exact) mass is 482 g/mol. The molecule has 0 spiro atoms. The SMILES string of the molecule is COc1ccc(/C([O-])=C2\C(=O)C(=O)N(CC[NH+]3CCOCC3)C2c2ccc(O)c(OC)c2)c(C)c1. The molecule has 0 aromatic heterocycles. The minimum absolute atomic E-state index is 0.0740. The molecule has 2 saturated heterocycles. The molecular formula is C26H30N2O7. The van der Waals surface area contributed by atoms with Crippen molar-refractivity contribution < 1.29 is 38.9 Å². The van der Waals surface area contributed by atoms with Gasteiger partial charge < -0.3 is 34.2 Å². The molecule has 2 fully saturated rings. The predicted molar refractivity (Wildman–Crippen MR) is 125 cm³/mol. The van der Waals surface area contributed by atoms with Crippen LogP contribution in [0.2, 0.25) is 0 Å². The number of morpholine rings is 1. The van der Waals surface area contributed by atoms with E-state index in [1.54, 1.807) is 37.3 Å². The first-order valence-electron chi connectivity index (χ1n) is 11.6. The number of hydrogen-bond acceptors (Lipinski definition) is 7. The standard InChI is InChI=1S/C26H30N2O7/c1-16-14-18(33-2)5-6-19(16)24(30)22-23(17-4-7-20(29)21(15-17)34-3)28(26(32)25(22)31)9-8-27-10-12-35-13-11-27/h4-7,14-15,23,29-30H,8-13H2,1-3H3/b24-22+. The van der Waals surface area contributed by atoms with Crippen LogP contribution in [0.4, 0.5) is 0 Å². The number of rotatable bonds is 7. The number of methoxy groups -OCH3 is 2. The van der Waals surface area contributed by atoms with Crippen LogP contribution in [-0.4, -0.2) is 75.3 Å². The normalized spacial score (nSPS) is 20.3. The number of aromatic hydroxyl groups is 1. The van der Waals surface area contributed by atoms with E-state index in [0.717, 1.165) is 13.1 Å². The van der Waals surface area contributed by atoms with Crippen molar-refractivity contribution in [1.82, 2.24) is 4.90 Å². The topological polar surface area (TPSA) is 113 Å². The summed E-state index contributed by atoms with van der Waals surface area (Å²) in [5.41, 5.74) is 1.39. The second-order valence-corrected chi connectivity index (χ2v) is 8.70. The van der Waals surface area contributed by atoms with Crippen molar-refractivity contribution in [3.63, 3.8) is 0 Å². The van der Waals surface area contributed by atoms with Crippen molar-refractivity contribution >= 4 is 17.4 Å². The van der Waals surface area contributed by atoms with E-state index >= 15 is 0 Å². The summed E-state index contributed by atoms with van der Waals surface area (Å²) in [6.07, 6.45) is 0. The number of phenols is 1. The van der Waals surface area contributed by atoms with E-state index in [1.165, 1.54) is 30.1 Å². The lowest BCUT2D eigenvalue weighted by molar-refractivity contribution is -0.907. The smallest absolute Gasteiger partial charge is 0.295 e. The van der Waals surface area contributed by atoms with Gasteiger partial charge in [-0.1, -0.05) is 17.9 Å². The Kier molecular flexibility index (Phi) is 7.28. The van der Waals surface area contributed by atoms with Gasteiger partial charge in [-0.05, 0) is 47.9 Å². The molecule has 0 bridgehead atoms. The van der Waals surface area contributed by atoms with Crippen LogP contribution in [0.25, 0.3) is 5.76 Å². The molecule has 2 aromatic carbocycles. The number of carbonyl (C=O) groups is 2. The van der Waals surface area contributed by atoms with Crippen molar-refractivity contribution in [2.75, 3.05) is 53.6 Å². The molecule has 2 aliphatic heterocycles. The number of benzene rings is 2. The third-order valence-corrected chi connectivity index (χ3v) is 6.63. The van der Waals surface area contributed by atoms with E-state index in [2.05, 4.69) is 0 Å². The van der Waals surface area contributed by atoms with Gasteiger partial charge in [0.2, 0.25) is 5.78 Å². The number of aryl methyl sites for hydroxylation is 1. The highest BCUT2D eigenvalue weighted by atomic mass is 16.5. The van der Waals surface area contributed by atoms with E-state index in [0.29, 0.717) is 48.7 Å². The van der Waals surface area contributed by atoms with Gasteiger partial charge in [0.1, 0.15) is 18.8 Å². The molecule has 1 amide bonds. The molecule has 2 aromatic rings. The third kappa shape index (κ3) is 4.82. The van der Waals surface area contributed by atoms with E-state index in [4.69, 9.17) is 14.2 Å². The van der Waals surface area contributed by atoms with Gasteiger partial charge in [0.15, 0.2) is 11.5 Å². The number of Topliss-reactive ketones (excluding diaryl/α,β-unsaturated/α-hetero) is 1. The summed E-state index contributed by atoms with van der Waals surface area (Å²) in [6, 6.07) is 8.70. The first-order chi connectivity index (χ1) is 16.8. The average molecular weight is 483 g/mol. The number of ketones is 1. The molecule has 1 atom stereocenters. The molecule has 186 valence electrons. The molecule has 2 N–H and O–H groups in total. The molecular weight excluding hydrogens is 452 g/mol. The van der Waals surface area contributed by atoms with E-state index < -0.39 is 23.5 Å². The van der Waals surface area contributed by atoms with Gasteiger partial charge in [0, 0.05) is 5.57 Å².